The molecule has 122 valence electrons. The molecule has 2 aromatic rings. The van der Waals surface area contributed by atoms with Crippen LogP contribution in [0.2, 0.25) is 0 Å². The quantitative estimate of drug-likeness (QED) is 0.835. The van der Waals surface area contributed by atoms with Gasteiger partial charge in [-0.05, 0) is 50.2 Å². The van der Waals surface area contributed by atoms with Gasteiger partial charge in [-0.15, -0.1) is 0 Å². The van der Waals surface area contributed by atoms with Gasteiger partial charge in [0.25, 0.3) is 0 Å². The SMILES string of the molecule is CC(NC(=O)C(C)C1CNC1)c1nc(-c2ccc(Br)cc2)no1. The van der Waals surface area contributed by atoms with E-state index in [1.165, 1.54) is 0 Å². The average Bonchev–Trinajstić information content (AvgIpc) is 2.96. The first-order chi connectivity index (χ1) is 11.0. The minimum Gasteiger partial charge on any atom is -0.344 e. The van der Waals surface area contributed by atoms with Gasteiger partial charge in [0.1, 0.15) is 6.04 Å². The number of amides is 1. The van der Waals surface area contributed by atoms with Crippen LogP contribution in [-0.4, -0.2) is 29.1 Å². The Morgan fingerprint density at radius 3 is 2.65 bits per heavy atom. The fourth-order valence-corrected chi connectivity index (χ4v) is 2.68. The number of carbonyl (C=O) groups excluding carboxylic acids is 1. The summed E-state index contributed by atoms with van der Waals surface area (Å²) >= 11 is 3.39. The van der Waals surface area contributed by atoms with Gasteiger partial charge in [0.2, 0.25) is 17.6 Å². The van der Waals surface area contributed by atoms with Crippen molar-refractivity contribution in [3.8, 4) is 11.4 Å². The van der Waals surface area contributed by atoms with Crippen LogP contribution in [-0.2, 0) is 4.79 Å². The third-order valence-corrected chi connectivity index (χ3v) is 4.74. The molecule has 2 unspecified atom stereocenters. The normalized spacial score (nSPS) is 17.3. The van der Waals surface area contributed by atoms with Crippen LogP contribution in [0.1, 0.15) is 25.8 Å². The molecular formula is C16H19BrN4O2. The minimum absolute atomic E-state index is 0.0207. The number of nitrogens with one attached hydrogen (secondary N) is 2. The molecule has 23 heavy (non-hydrogen) atoms. The second-order valence-corrected chi connectivity index (χ2v) is 6.82. The van der Waals surface area contributed by atoms with Crippen LogP contribution in [0.5, 0.6) is 0 Å². The van der Waals surface area contributed by atoms with Crippen LogP contribution < -0.4 is 10.6 Å². The van der Waals surface area contributed by atoms with Crippen LogP contribution in [0.25, 0.3) is 11.4 Å². The molecule has 2 atom stereocenters. The molecular weight excluding hydrogens is 360 g/mol. The number of hydrogen-bond donors (Lipinski definition) is 2. The zero-order valence-corrected chi connectivity index (χ0v) is 14.6. The standard InChI is InChI=1S/C16H19BrN4O2/c1-9(12-7-18-8-12)15(22)19-10(2)16-20-14(21-23-16)11-3-5-13(17)6-4-11/h3-6,9-10,12,18H,7-8H2,1-2H3,(H,19,22). The highest BCUT2D eigenvalue weighted by molar-refractivity contribution is 9.10. The van der Waals surface area contributed by atoms with Gasteiger partial charge in [0.05, 0.1) is 0 Å². The molecule has 1 aromatic heterocycles. The highest BCUT2D eigenvalue weighted by Crippen LogP contribution is 2.22. The van der Waals surface area contributed by atoms with Gasteiger partial charge in [-0.1, -0.05) is 28.0 Å². The molecule has 1 aliphatic heterocycles. The van der Waals surface area contributed by atoms with E-state index in [1.807, 2.05) is 38.1 Å². The van der Waals surface area contributed by atoms with E-state index in [2.05, 4.69) is 36.7 Å². The fraction of sp³-hybridized carbons (Fsp3) is 0.438. The van der Waals surface area contributed by atoms with Crippen molar-refractivity contribution in [2.45, 2.75) is 19.9 Å². The molecule has 0 bridgehead atoms. The second kappa shape index (κ2) is 6.80. The summed E-state index contributed by atoms with van der Waals surface area (Å²) in [5.74, 6) is 1.34. The summed E-state index contributed by atoms with van der Waals surface area (Å²) in [6.07, 6.45) is 0. The minimum atomic E-state index is -0.310. The molecule has 1 aliphatic rings. The molecule has 1 saturated heterocycles. The monoisotopic (exact) mass is 378 g/mol. The van der Waals surface area contributed by atoms with E-state index >= 15 is 0 Å². The van der Waals surface area contributed by atoms with Crippen molar-refractivity contribution in [2.24, 2.45) is 11.8 Å². The van der Waals surface area contributed by atoms with Crippen molar-refractivity contribution in [1.29, 1.82) is 0 Å². The largest absolute Gasteiger partial charge is 0.344 e. The Labute approximate surface area is 143 Å². The molecule has 0 saturated carbocycles. The molecule has 1 amide bonds. The lowest BCUT2D eigenvalue weighted by atomic mass is 9.88. The van der Waals surface area contributed by atoms with Crippen LogP contribution in [0.4, 0.5) is 0 Å². The van der Waals surface area contributed by atoms with E-state index in [0.717, 1.165) is 23.1 Å². The number of benzene rings is 1. The maximum absolute atomic E-state index is 12.2. The summed E-state index contributed by atoms with van der Waals surface area (Å²) in [6.45, 7) is 5.60. The summed E-state index contributed by atoms with van der Waals surface area (Å²) in [6, 6.07) is 7.35. The first-order valence-corrected chi connectivity index (χ1v) is 8.44. The van der Waals surface area contributed by atoms with Crippen molar-refractivity contribution < 1.29 is 9.32 Å². The van der Waals surface area contributed by atoms with Crippen LogP contribution in [0.15, 0.2) is 33.3 Å². The number of carbonyl (C=O) groups is 1. The first kappa shape index (κ1) is 16.1. The zero-order chi connectivity index (χ0) is 16.4. The molecule has 2 heterocycles. The van der Waals surface area contributed by atoms with Crippen molar-refractivity contribution in [2.75, 3.05) is 13.1 Å². The summed E-state index contributed by atoms with van der Waals surface area (Å²) in [5.41, 5.74) is 0.871. The first-order valence-electron chi connectivity index (χ1n) is 7.65. The molecule has 7 heteroatoms. The van der Waals surface area contributed by atoms with Gasteiger partial charge >= 0.3 is 0 Å². The lowest BCUT2D eigenvalue weighted by Crippen LogP contribution is -2.49. The predicted octanol–water partition coefficient (Wildman–Crippen LogP) is 2.53. The Hall–Kier alpha value is -1.73. The third-order valence-electron chi connectivity index (χ3n) is 4.21. The summed E-state index contributed by atoms with van der Waals surface area (Å²) in [7, 11) is 0. The van der Waals surface area contributed by atoms with E-state index in [1.54, 1.807) is 0 Å². The van der Waals surface area contributed by atoms with Crippen molar-refractivity contribution in [1.82, 2.24) is 20.8 Å². The number of rotatable bonds is 5. The summed E-state index contributed by atoms with van der Waals surface area (Å²) in [4.78, 5) is 16.6. The zero-order valence-electron chi connectivity index (χ0n) is 13.0. The average molecular weight is 379 g/mol. The van der Waals surface area contributed by atoms with Crippen LogP contribution in [0.3, 0.4) is 0 Å². The van der Waals surface area contributed by atoms with Gasteiger partial charge in [0.15, 0.2) is 0 Å². The number of hydrogen-bond acceptors (Lipinski definition) is 5. The van der Waals surface area contributed by atoms with Gasteiger partial charge in [-0.3, -0.25) is 4.79 Å². The van der Waals surface area contributed by atoms with Crippen LogP contribution in [0, 0.1) is 11.8 Å². The Balaban J connectivity index is 1.64. The van der Waals surface area contributed by atoms with Gasteiger partial charge in [0, 0.05) is 16.0 Å². The highest BCUT2D eigenvalue weighted by Gasteiger charge is 2.30. The number of halogens is 1. The Kier molecular flexibility index (Phi) is 4.77. The molecule has 3 rings (SSSR count). The molecule has 0 spiro atoms. The van der Waals surface area contributed by atoms with Crippen molar-refractivity contribution in [3.05, 3.63) is 34.6 Å². The third kappa shape index (κ3) is 3.61. The molecule has 6 nitrogen and oxygen atoms in total. The smallest absolute Gasteiger partial charge is 0.249 e. The fourth-order valence-electron chi connectivity index (χ4n) is 2.41. The van der Waals surface area contributed by atoms with Crippen molar-refractivity contribution in [3.63, 3.8) is 0 Å². The van der Waals surface area contributed by atoms with Gasteiger partial charge < -0.3 is 15.2 Å². The van der Waals surface area contributed by atoms with Crippen molar-refractivity contribution >= 4 is 21.8 Å². The Morgan fingerprint density at radius 1 is 1.35 bits per heavy atom. The van der Waals surface area contributed by atoms with E-state index in [0.29, 0.717) is 17.6 Å². The van der Waals surface area contributed by atoms with E-state index in [-0.39, 0.29) is 17.9 Å². The van der Waals surface area contributed by atoms with Gasteiger partial charge in [-0.2, -0.15) is 4.98 Å². The van der Waals surface area contributed by atoms with E-state index in [9.17, 15) is 4.79 Å². The van der Waals surface area contributed by atoms with E-state index < -0.39 is 0 Å². The maximum atomic E-state index is 12.2. The molecule has 1 fully saturated rings. The lowest BCUT2D eigenvalue weighted by molar-refractivity contribution is -0.127. The Bertz CT molecular complexity index is 682. The summed E-state index contributed by atoms with van der Waals surface area (Å²) < 4.78 is 6.28. The maximum Gasteiger partial charge on any atom is 0.249 e. The van der Waals surface area contributed by atoms with E-state index in [4.69, 9.17) is 4.52 Å². The topological polar surface area (TPSA) is 80.0 Å². The highest BCUT2D eigenvalue weighted by atomic mass is 79.9. The second-order valence-electron chi connectivity index (χ2n) is 5.90. The number of nitrogens with zero attached hydrogens (tertiary/aromatic N) is 2. The van der Waals surface area contributed by atoms with Gasteiger partial charge in [-0.25, -0.2) is 0 Å². The molecule has 2 N–H and O–H groups in total. The predicted molar refractivity (Wildman–Crippen MR) is 89.5 cm³/mol. The molecule has 1 aromatic carbocycles. The Morgan fingerprint density at radius 2 is 2.04 bits per heavy atom. The summed E-state index contributed by atoms with van der Waals surface area (Å²) in [5, 5.41) is 10.1. The number of aromatic nitrogens is 2. The lowest BCUT2D eigenvalue weighted by Gasteiger charge is -2.32. The molecule has 0 aliphatic carbocycles. The van der Waals surface area contributed by atoms with Crippen LogP contribution >= 0.6 is 15.9 Å². The molecule has 0 radical (unpaired) electrons.